The number of aryl methyl sites for hydroxylation is 3. The maximum absolute atomic E-state index is 13.3. The molecular weight excluding hydrogens is 419 g/mol. The van der Waals surface area contributed by atoms with E-state index in [0.717, 1.165) is 33.5 Å². The van der Waals surface area contributed by atoms with E-state index < -0.39 is 11.7 Å². The molecule has 1 aromatic heterocycles. The first-order chi connectivity index (χ1) is 14.8. The number of nitrogens with one attached hydrogen (secondary N) is 1. The molecule has 8 heteroatoms. The normalized spacial score (nSPS) is 15.3. The van der Waals surface area contributed by atoms with Crippen LogP contribution in [0.2, 0.25) is 5.02 Å². The summed E-state index contributed by atoms with van der Waals surface area (Å²) in [5, 5.41) is 17.1. The molecule has 0 spiro atoms. The third kappa shape index (κ3) is 3.71. The first-order valence-corrected chi connectivity index (χ1v) is 9.98. The van der Waals surface area contributed by atoms with E-state index in [2.05, 4.69) is 16.3 Å². The van der Waals surface area contributed by atoms with Gasteiger partial charge in [-0.25, -0.2) is 4.39 Å². The second-order valence-corrected chi connectivity index (χ2v) is 7.90. The van der Waals surface area contributed by atoms with Gasteiger partial charge in [-0.1, -0.05) is 23.7 Å². The van der Waals surface area contributed by atoms with Gasteiger partial charge in [0, 0.05) is 11.3 Å². The lowest BCUT2D eigenvalue weighted by molar-refractivity contribution is 0.305. The Bertz CT molecular complexity index is 1260. The van der Waals surface area contributed by atoms with Gasteiger partial charge < -0.3 is 15.2 Å². The highest BCUT2D eigenvalue weighted by Gasteiger charge is 2.35. The van der Waals surface area contributed by atoms with E-state index in [0.29, 0.717) is 17.2 Å². The van der Waals surface area contributed by atoms with Crippen molar-refractivity contribution in [1.82, 2.24) is 10.2 Å². The maximum Gasteiger partial charge on any atom is 0.244 e. The minimum atomic E-state index is -0.426. The molecule has 158 valence electrons. The first-order valence-electron chi connectivity index (χ1n) is 9.60. The van der Waals surface area contributed by atoms with E-state index in [1.54, 1.807) is 0 Å². The Labute approximate surface area is 184 Å². The SMILES string of the molecule is Cc1cc(C)c([C@H]2C(C#N)=C(N)Oc3n[nH]c(C)c32)cc1COc1ccc(F)cc1Cl. The molecule has 0 radical (unpaired) electrons. The van der Waals surface area contributed by atoms with Crippen molar-refractivity contribution in [2.75, 3.05) is 0 Å². The minimum absolute atomic E-state index is 0.0439. The zero-order valence-corrected chi connectivity index (χ0v) is 18.0. The molecule has 0 amide bonds. The first kappa shape index (κ1) is 20.8. The standard InChI is InChI=1S/C23H20ClFN4O2/c1-11-6-12(2)16(7-14(11)10-30-19-5-4-15(25)8-18(19)24)21-17(9-26)22(27)31-23-20(21)13(3)28-29-23/h4-8,21H,10,27H2,1-3H3,(H,28,29)/t21-/m0/s1. The molecule has 0 aliphatic carbocycles. The molecule has 2 heterocycles. The summed E-state index contributed by atoms with van der Waals surface area (Å²) in [4.78, 5) is 0. The fourth-order valence-electron chi connectivity index (χ4n) is 3.84. The third-order valence-corrected chi connectivity index (χ3v) is 5.74. The van der Waals surface area contributed by atoms with Gasteiger partial charge in [0.05, 0.1) is 10.9 Å². The Hall–Kier alpha value is -3.50. The smallest absolute Gasteiger partial charge is 0.244 e. The summed E-state index contributed by atoms with van der Waals surface area (Å²) < 4.78 is 24.7. The Morgan fingerprint density at radius 3 is 2.74 bits per heavy atom. The second kappa shape index (κ2) is 7.97. The van der Waals surface area contributed by atoms with E-state index in [4.69, 9.17) is 26.8 Å². The van der Waals surface area contributed by atoms with Crippen molar-refractivity contribution in [3.8, 4) is 17.7 Å². The maximum atomic E-state index is 13.3. The van der Waals surface area contributed by atoms with Crippen LogP contribution >= 0.6 is 11.6 Å². The zero-order valence-electron chi connectivity index (χ0n) is 17.2. The van der Waals surface area contributed by atoms with Crippen molar-refractivity contribution in [3.05, 3.63) is 86.1 Å². The molecule has 2 aromatic carbocycles. The lowest BCUT2D eigenvalue weighted by atomic mass is 9.81. The Morgan fingerprint density at radius 2 is 2.03 bits per heavy atom. The lowest BCUT2D eigenvalue weighted by Crippen LogP contribution is -2.21. The predicted molar refractivity (Wildman–Crippen MR) is 114 cm³/mol. The molecule has 0 unspecified atom stereocenters. The van der Waals surface area contributed by atoms with Crippen molar-refractivity contribution in [3.63, 3.8) is 0 Å². The number of halogens is 2. The van der Waals surface area contributed by atoms with Crippen LogP contribution in [0.15, 0.2) is 41.8 Å². The number of benzene rings is 2. The number of ether oxygens (including phenoxy) is 2. The van der Waals surface area contributed by atoms with Crippen molar-refractivity contribution >= 4 is 11.6 Å². The molecular formula is C23H20ClFN4O2. The fourth-order valence-corrected chi connectivity index (χ4v) is 4.06. The van der Waals surface area contributed by atoms with Gasteiger partial charge >= 0.3 is 0 Å². The van der Waals surface area contributed by atoms with Gasteiger partial charge in [0.2, 0.25) is 11.8 Å². The minimum Gasteiger partial charge on any atom is -0.487 e. The average Bonchev–Trinajstić information content (AvgIpc) is 3.08. The monoisotopic (exact) mass is 438 g/mol. The second-order valence-electron chi connectivity index (χ2n) is 7.49. The molecule has 0 fully saturated rings. The number of allylic oxidation sites excluding steroid dienone is 1. The lowest BCUT2D eigenvalue weighted by Gasteiger charge is -2.26. The Balaban J connectivity index is 1.76. The summed E-state index contributed by atoms with van der Waals surface area (Å²) in [5.74, 6) is -0.0330. The highest BCUT2D eigenvalue weighted by Crippen LogP contribution is 2.44. The predicted octanol–water partition coefficient (Wildman–Crippen LogP) is 4.92. The largest absolute Gasteiger partial charge is 0.487 e. The molecule has 1 aliphatic heterocycles. The van der Waals surface area contributed by atoms with Gasteiger partial charge in [-0.2, -0.15) is 5.26 Å². The number of rotatable bonds is 4. The van der Waals surface area contributed by atoms with Gasteiger partial charge in [-0.15, -0.1) is 5.10 Å². The molecule has 0 bridgehead atoms. The van der Waals surface area contributed by atoms with Gasteiger partial charge in [0.1, 0.15) is 29.8 Å². The number of nitrogens with two attached hydrogens (primary N) is 1. The van der Waals surface area contributed by atoms with Crippen LogP contribution in [0.4, 0.5) is 4.39 Å². The van der Waals surface area contributed by atoms with Gasteiger partial charge in [-0.3, -0.25) is 5.10 Å². The molecule has 3 aromatic rings. The van der Waals surface area contributed by atoms with Crippen LogP contribution < -0.4 is 15.2 Å². The molecule has 3 N–H and O–H groups in total. The van der Waals surface area contributed by atoms with Gasteiger partial charge in [0.15, 0.2) is 0 Å². The number of hydrogen-bond acceptors (Lipinski definition) is 5. The Morgan fingerprint density at radius 1 is 1.26 bits per heavy atom. The van der Waals surface area contributed by atoms with Crippen LogP contribution in [-0.4, -0.2) is 10.2 Å². The number of fused-ring (bicyclic) bond motifs is 1. The summed E-state index contributed by atoms with van der Waals surface area (Å²) in [6, 6.07) is 10.2. The van der Waals surface area contributed by atoms with Crippen LogP contribution in [0.1, 0.15) is 39.4 Å². The third-order valence-electron chi connectivity index (χ3n) is 5.44. The van der Waals surface area contributed by atoms with Crippen LogP contribution in [-0.2, 0) is 6.61 Å². The molecule has 31 heavy (non-hydrogen) atoms. The van der Waals surface area contributed by atoms with E-state index in [9.17, 15) is 9.65 Å². The number of aromatic nitrogens is 2. The van der Waals surface area contributed by atoms with E-state index >= 15 is 0 Å². The Kier molecular flexibility index (Phi) is 5.34. The topological polar surface area (TPSA) is 97.0 Å². The summed E-state index contributed by atoms with van der Waals surface area (Å²) >= 11 is 6.08. The number of nitriles is 1. The quantitative estimate of drug-likeness (QED) is 0.602. The highest BCUT2D eigenvalue weighted by atomic mass is 35.5. The molecule has 4 rings (SSSR count). The van der Waals surface area contributed by atoms with Crippen molar-refractivity contribution in [2.24, 2.45) is 5.73 Å². The summed E-state index contributed by atoms with van der Waals surface area (Å²) in [5.41, 5.74) is 11.8. The molecule has 0 saturated heterocycles. The number of hydrogen-bond donors (Lipinski definition) is 2. The summed E-state index contributed by atoms with van der Waals surface area (Å²) in [6.07, 6.45) is 0. The molecule has 0 saturated carbocycles. The van der Waals surface area contributed by atoms with E-state index in [-0.39, 0.29) is 17.5 Å². The van der Waals surface area contributed by atoms with Crippen molar-refractivity contribution < 1.29 is 13.9 Å². The molecule has 1 atom stereocenters. The summed E-state index contributed by atoms with van der Waals surface area (Å²) in [6.45, 7) is 6.07. The van der Waals surface area contributed by atoms with Gasteiger partial charge in [-0.05, 0) is 61.2 Å². The number of H-pyrrole nitrogens is 1. The fraction of sp³-hybridized carbons (Fsp3) is 0.217. The van der Waals surface area contributed by atoms with Crippen LogP contribution in [0, 0.1) is 37.9 Å². The number of aromatic amines is 1. The van der Waals surface area contributed by atoms with E-state index in [1.807, 2.05) is 32.9 Å². The van der Waals surface area contributed by atoms with Crippen LogP contribution in [0.5, 0.6) is 11.6 Å². The zero-order chi connectivity index (χ0) is 22.3. The van der Waals surface area contributed by atoms with Gasteiger partial charge in [0.25, 0.3) is 0 Å². The summed E-state index contributed by atoms with van der Waals surface area (Å²) in [7, 11) is 0. The van der Waals surface area contributed by atoms with E-state index in [1.165, 1.54) is 18.2 Å². The van der Waals surface area contributed by atoms with Crippen LogP contribution in [0.3, 0.4) is 0 Å². The van der Waals surface area contributed by atoms with Crippen molar-refractivity contribution in [1.29, 1.82) is 5.26 Å². The highest BCUT2D eigenvalue weighted by molar-refractivity contribution is 6.32. The van der Waals surface area contributed by atoms with Crippen molar-refractivity contribution in [2.45, 2.75) is 33.3 Å². The number of nitrogens with zero attached hydrogens (tertiary/aromatic N) is 2. The molecule has 6 nitrogen and oxygen atoms in total. The average molecular weight is 439 g/mol. The van der Waals surface area contributed by atoms with Crippen LogP contribution in [0.25, 0.3) is 0 Å². The molecule has 1 aliphatic rings.